The van der Waals surface area contributed by atoms with E-state index in [1.165, 1.54) is 0 Å². The lowest BCUT2D eigenvalue weighted by Gasteiger charge is -2.04. The summed E-state index contributed by atoms with van der Waals surface area (Å²) in [5.41, 5.74) is 6.28. The predicted molar refractivity (Wildman–Crippen MR) is 31.0 cm³/mol. The van der Waals surface area contributed by atoms with Crippen molar-refractivity contribution < 1.29 is 0 Å². The lowest BCUT2D eigenvalue weighted by Crippen LogP contribution is -2.33. The third kappa shape index (κ3) is 0.745. The first-order chi connectivity index (χ1) is 3.83. The second-order valence-electron chi connectivity index (χ2n) is 1.53. The van der Waals surface area contributed by atoms with Gasteiger partial charge in [-0.1, -0.05) is 0 Å². The summed E-state index contributed by atoms with van der Waals surface area (Å²) in [6.45, 7) is 0. The number of hydrogen-bond acceptors (Lipinski definition) is 3. The van der Waals surface area contributed by atoms with E-state index in [-0.39, 0.29) is 0 Å². The van der Waals surface area contributed by atoms with Crippen molar-refractivity contribution in [2.75, 3.05) is 7.05 Å². The monoisotopic (exact) mass is 109 g/mol. The summed E-state index contributed by atoms with van der Waals surface area (Å²) in [7, 11) is 1.86. The molecule has 0 aromatic rings. The maximum Gasteiger partial charge on any atom is 0.118 e. The Morgan fingerprint density at radius 1 is 1.88 bits per heavy atom. The molecule has 0 amide bonds. The van der Waals surface area contributed by atoms with Crippen LogP contribution >= 0.6 is 0 Å². The fraction of sp³-hybridized carbons (Fsp3) is 0.200. The van der Waals surface area contributed by atoms with Crippen LogP contribution in [0.4, 0.5) is 0 Å². The van der Waals surface area contributed by atoms with Crippen LogP contribution < -0.4 is 11.0 Å². The Morgan fingerprint density at radius 3 is 2.88 bits per heavy atom. The first-order valence-corrected chi connectivity index (χ1v) is 2.26. The topological polar surface area (TPSA) is 27.3 Å². The molecular formula is C5H7N3. The van der Waals surface area contributed by atoms with Gasteiger partial charge in [-0.05, 0) is 5.92 Å². The van der Waals surface area contributed by atoms with Crippen LogP contribution in [0.2, 0.25) is 0 Å². The van der Waals surface area contributed by atoms with Gasteiger partial charge in [0.2, 0.25) is 0 Å². The molecule has 0 saturated carbocycles. The average Bonchev–Trinajstić information content (AvgIpc) is 2.14. The zero-order valence-corrected chi connectivity index (χ0v) is 4.60. The van der Waals surface area contributed by atoms with Crippen molar-refractivity contribution in [2.24, 2.45) is 0 Å². The smallest absolute Gasteiger partial charge is 0.118 e. The minimum absolute atomic E-state index is 0.757. The van der Waals surface area contributed by atoms with Gasteiger partial charge in [0, 0.05) is 7.05 Å². The summed E-state index contributed by atoms with van der Waals surface area (Å²) >= 11 is 0. The van der Waals surface area contributed by atoms with E-state index in [1.807, 2.05) is 7.05 Å². The van der Waals surface area contributed by atoms with E-state index in [4.69, 9.17) is 6.42 Å². The van der Waals surface area contributed by atoms with Crippen LogP contribution in [0.15, 0.2) is 11.9 Å². The molecule has 1 aliphatic rings. The maximum atomic E-state index is 5.05. The van der Waals surface area contributed by atoms with Crippen LogP contribution in [0.5, 0.6) is 0 Å². The van der Waals surface area contributed by atoms with Gasteiger partial charge in [0.25, 0.3) is 0 Å². The quantitative estimate of drug-likeness (QED) is 0.407. The second-order valence-corrected chi connectivity index (χ2v) is 1.53. The zero-order chi connectivity index (χ0) is 5.98. The number of allylic oxidation sites excluding steroid dienone is 1. The van der Waals surface area contributed by atoms with Gasteiger partial charge in [0.05, 0.1) is 6.20 Å². The SMILES string of the molecule is C#CC1=CN(C)NN1. The molecule has 0 saturated heterocycles. The molecule has 1 heterocycles. The summed E-state index contributed by atoms with van der Waals surface area (Å²) in [5, 5.41) is 1.75. The number of hydrogen-bond donors (Lipinski definition) is 2. The van der Waals surface area contributed by atoms with Crippen molar-refractivity contribution in [3.8, 4) is 12.3 Å². The van der Waals surface area contributed by atoms with Crippen LogP contribution in [0, 0.1) is 12.3 Å². The van der Waals surface area contributed by atoms with Crippen LogP contribution in [0.1, 0.15) is 0 Å². The van der Waals surface area contributed by atoms with Crippen LogP contribution in [-0.2, 0) is 0 Å². The molecule has 0 radical (unpaired) electrons. The van der Waals surface area contributed by atoms with Crippen molar-refractivity contribution >= 4 is 0 Å². The molecule has 0 atom stereocenters. The summed E-state index contributed by atoms with van der Waals surface area (Å²) in [6, 6.07) is 0. The van der Waals surface area contributed by atoms with E-state index in [2.05, 4.69) is 16.9 Å². The summed E-state index contributed by atoms with van der Waals surface area (Å²) < 4.78 is 0. The Labute approximate surface area is 48.3 Å². The van der Waals surface area contributed by atoms with Gasteiger partial charge in [-0.15, -0.1) is 12.0 Å². The van der Waals surface area contributed by atoms with Crippen molar-refractivity contribution in [1.82, 2.24) is 16.0 Å². The van der Waals surface area contributed by atoms with Gasteiger partial charge in [-0.2, -0.15) is 0 Å². The van der Waals surface area contributed by atoms with Gasteiger partial charge in [-0.3, -0.25) is 10.4 Å². The van der Waals surface area contributed by atoms with Gasteiger partial charge >= 0.3 is 0 Å². The highest BCUT2D eigenvalue weighted by Gasteiger charge is 2.00. The molecule has 1 rings (SSSR count). The Balaban J connectivity index is 2.61. The van der Waals surface area contributed by atoms with E-state index in [0.29, 0.717) is 0 Å². The predicted octanol–water partition coefficient (Wildman–Crippen LogP) is -0.584. The van der Waals surface area contributed by atoms with Gasteiger partial charge in [0.1, 0.15) is 5.70 Å². The van der Waals surface area contributed by atoms with Crippen molar-refractivity contribution in [1.29, 1.82) is 0 Å². The van der Waals surface area contributed by atoms with Crippen molar-refractivity contribution in [3.05, 3.63) is 11.9 Å². The number of terminal acetylenes is 1. The molecule has 0 fully saturated rings. The first kappa shape index (κ1) is 5.01. The Morgan fingerprint density at radius 2 is 2.62 bits per heavy atom. The van der Waals surface area contributed by atoms with Crippen LogP contribution in [0.3, 0.4) is 0 Å². The largest absolute Gasteiger partial charge is 0.298 e. The molecular weight excluding hydrogens is 102 g/mol. The Hall–Kier alpha value is -1.14. The first-order valence-electron chi connectivity index (χ1n) is 2.26. The number of hydrazine groups is 2. The molecule has 0 bridgehead atoms. The molecule has 0 unspecified atom stereocenters. The number of nitrogens with zero attached hydrogens (tertiary/aromatic N) is 1. The molecule has 42 valence electrons. The highest BCUT2D eigenvalue weighted by molar-refractivity contribution is 5.23. The molecule has 0 aliphatic carbocycles. The lowest BCUT2D eigenvalue weighted by atomic mass is 10.5. The minimum Gasteiger partial charge on any atom is -0.298 e. The number of nitrogens with one attached hydrogen (secondary N) is 2. The third-order valence-corrected chi connectivity index (χ3v) is 0.845. The Kier molecular flexibility index (Phi) is 1.10. The molecule has 2 N–H and O–H groups in total. The summed E-state index contributed by atoms with van der Waals surface area (Å²) in [4.78, 5) is 0. The van der Waals surface area contributed by atoms with Crippen molar-refractivity contribution in [3.63, 3.8) is 0 Å². The van der Waals surface area contributed by atoms with Crippen LogP contribution in [0.25, 0.3) is 0 Å². The maximum absolute atomic E-state index is 5.05. The normalized spacial score (nSPS) is 17.0. The molecule has 3 nitrogen and oxygen atoms in total. The van der Waals surface area contributed by atoms with Gasteiger partial charge in [-0.25, -0.2) is 0 Å². The number of rotatable bonds is 0. The molecule has 3 heteroatoms. The fourth-order valence-electron chi connectivity index (χ4n) is 0.480. The standard InChI is InChI=1S/C5H7N3/c1-3-5-4-8(2)7-6-5/h1,4,6-7H,2H3. The molecule has 0 aromatic heterocycles. The third-order valence-electron chi connectivity index (χ3n) is 0.845. The molecule has 0 aromatic carbocycles. The van der Waals surface area contributed by atoms with E-state index in [0.717, 1.165) is 5.70 Å². The highest BCUT2D eigenvalue weighted by Crippen LogP contribution is 1.91. The molecule has 1 aliphatic heterocycles. The summed E-state index contributed by atoms with van der Waals surface area (Å²) in [6.07, 6.45) is 6.84. The van der Waals surface area contributed by atoms with Gasteiger partial charge < -0.3 is 0 Å². The zero-order valence-electron chi connectivity index (χ0n) is 4.60. The fourth-order valence-corrected chi connectivity index (χ4v) is 0.480. The second kappa shape index (κ2) is 1.76. The van der Waals surface area contributed by atoms with Crippen molar-refractivity contribution in [2.45, 2.75) is 0 Å². The lowest BCUT2D eigenvalue weighted by molar-refractivity contribution is 0.328. The van der Waals surface area contributed by atoms with E-state index >= 15 is 0 Å². The van der Waals surface area contributed by atoms with E-state index < -0.39 is 0 Å². The van der Waals surface area contributed by atoms with Crippen LogP contribution in [-0.4, -0.2) is 12.1 Å². The molecule has 8 heavy (non-hydrogen) atoms. The summed E-state index contributed by atoms with van der Waals surface area (Å²) in [5.74, 6) is 2.44. The molecule has 0 spiro atoms. The average molecular weight is 109 g/mol. The minimum atomic E-state index is 0.757. The Bertz CT molecular complexity index is 154. The van der Waals surface area contributed by atoms with E-state index in [1.54, 1.807) is 11.2 Å². The van der Waals surface area contributed by atoms with E-state index in [9.17, 15) is 0 Å². The van der Waals surface area contributed by atoms with Gasteiger partial charge in [0.15, 0.2) is 0 Å². The highest BCUT2D eigenvalue weighted by atomic mass is 15.7.